The Morgan fingerprint density at radius 3 is 2.85 bits per heavy atom. The normalized spacial score (nSPS) is 16.8. The Morgan fingerprint density at radius 1 is 1.23 bits per heavy atom. The molecule has 0 aromatic heterocycles. The van der Waals surface area contributed by atoms with Crippen molar-refractivity contribution in [3.63, 3.8) is 0 Å². The fourth-order valence-electron chi connectivity index (χ4n) is 1.63. The number of hydrogen-bond acceptors (Lipinski definition) is 2. The van der Waals surface area contributed by atoms with Crippen molar-refractivity contribution in [2.24, 2.45) is 4.99 Å². The first-order valence-corrected chi connectivity index (χ1v) is 5.70. The lowest BCUT2D eigenvalue weighted by Crippen LogP contribution is -2.26. The number of aliphatic imine (C=N–C) groups is 1. The second kappa shape index (κ2) is 6.93. The average molecular weight is 182 g/mol. The van der Waals surface area contributed by atoms with E-state index >= 15 is 0 Å². The van der Waals surface area contributed by atoms with Crippen LogP contribution in [0.4, 0.5) is 0 Å². The van der Waals surface area contributed by atoms with Gasteiger partial charge in [-0.05, 0) is 19.3 Å². The van der Waals surface area contributed by atoms with E-state index in [2.05, 4.69) is 17.2 Å². The maximum Gasteiger partial charge on any atom is 0.0963 e. The van der Waals surface area contributed by atoms with Gasteiger partial charge in [0.2, 0.25) is 0 Å². The van der Waals surface area contributed by atoms with Crippen LogP contribution in [0.25, 0.3) is 0 Å². The van der Waals surface area contributed by atoms with Gasteiger partial charge in [0.15, 0.2) is 0 Å². The van der Waals surface area contributed by atoms with Gasteiger partial charge >= 0.3 is 0 Å². The molecule has 0 amide bonds. The van der Waals surface area contributed by atoms with E-state index < -0.39 is 0 Å². The summed E-state index contributed by atoms with van der Waals surface area (Å²) in [5, 5.41) is 3.43. The molecule has 0 radical (unpaired) electrons. The summed E-state index contributed by atoms with van der Waals surface area (Å²) in [6.45, 7) is 4.41. The summed E-state index contributed by atoms with van der Waals surface area (Å²) in [6.07, 6.45) is 9.12. The molecule has 0 saturated heterocycles. The number of nitrogens with one attached hydrogen (secondary N) is 1. The number of unbranched alkanes of at least 4 members (excludes halogenated alkanes) is 3. The molecule has 1 rings (SSSR count). The van der Waals surface area contributed by atoms with Gasteiger partial charge in [0, 0.05) is 19.5 Å². The van der Waals surface area contributed by atoms with Crippen LogP contribution in [0, 0.1) is 0 Å². The Labute approximate surface area is 81.8 Å². The van der Waals surface area contributed by atoms with Crippen LogP contribution >= 0.6 is 0 Å². The van der Waals surface area contributed by atoms with Gasteiger partial charge in [-0.2, -0.15) is 0 Å². The smallest absolute Gasteiger partial charge is 0.0963 e. The molecule has 0 aliphatic carbocycles. The molecule has 0 saturated carbocycles. The van der Waals surface area contributed by atoms with E-state index in [1.54, 1.807) is 0 Å². The second-order valence-corrected chi connectivity index (χ2v) is 3.77. The standard InChI is InChI=1S/C11H22N2/c1-2-3-4-6-9-12-11-8-5-7-10-13-11/h2-10H2,1H3,(H,12,13). The van der Waals surface area contributed by atoms with Crippen LogP contribution in [0.2, 0.25) is 0 Å². The Morgan fingerprint density at radius 2 is 2.15 bits per heavy atom. The maximum absolute atomic E-state index is 4.45. The summed E-state index contributed by atoms with van der Waals surface area (Å²) in [4.78, 5) is 4.45. The molecule has 0 spiro atoms. The van der Waals surface area contributed by atoms with Crippen LogP contribution in [-0.4, -0.2) is 18.9 Å². The molecular formula is C11H22N2. The number of rotatable bonds is 5. The van der Waals surface area contributed by atoms with Crippen LogP contribution in [0.5, 0.6) is 0 Å². The van der Waals surface area contributed by atoms with Crippen molar-refractivity contribution in [2.75, 3.05) is 13.1 Å². The van der Waals surface area contributed by atoms with E-state index in [1.165, 1.54) is 50.8 Å². The monoisotopic (exact) mass is 182 g/mol. The molecule has 2 heteroatoms. The molecule has 1 aliphatic rings. The minimum atomic E-state index is 1.04. The summed E-state index contributed by atoms with van der Waals surface area (Å²) < 4.78 is 0. The molecule has 0 fully saturated rings. The molecule has 1 N–H and O–H groups in total. The zero-order chi connectivity index (χ0) is 9.36. The average Bonchev–Trinajstić information content (AvgIpc) is 2.19. The minimum Gasteiger partial charge on any atom is -0.374 e. The van der Waals surface area contributed by atoms with Crippen molar-refractivity contribution in [3.8, 4) is 0 Å². The topological polar surface area (TPSA) is 24.4 Å². The summed E-state index contributed by atoms with van der Waals surface area (Å²) in [6, 6.07) is 0. The minimum absolute atomic E-state index is 1.04. The van der Waals surface area contributed by atoms with Crippen molar-refractivity contribution in [2.45, 2.75) is 51.9 Å². The zero-order valence-corrected chi connectivity index (χ0v) is 8.81. The third kappa shape index (κ3) is 4.91. The lowest BCUT2D eigenvalue weighted by atomic mass is 10.1. The Balaban J connectivity index is 1.95. The van der Waals surface area contributed by atoms with E-state index in [0.717, 1.165) is 13.1 Å². The summed E-state index contributed by atoms with van der Waals surface area (Å²) in [5.41, 5.74) is 0. The van der Waals surface area contributed by atoms with Gasteiger partial charge < -0.3 is 5.32 Å². The third-order valence-corrected chi connectivity index (χ3v) is 2.48. The fourth-order valence-corrected chi connectivity index (χ4v) is 1.63. The maximum atomic E-state index is 4.45. The lowest BCUT2D eigenvalue weighted by Gasteiger charge is -2.13. The predicted molar refractivity (Wildman–Crippen MR) is 58.3 cm³/mol. The van der Waals surface area contributed by atoms with Crippen molar-refractivity contribution in [1.82, 2.24) is 5.32 Å². The van der Waals surface area contributed by atoms with Gasteiger partial charge in [-0.25, -0.2) is 0 Å². The van der Waals surface area contributed by atoms with Crippen LogP contribution in [0.1, 0.15) is 51.9 Å². The molecule has 2 nitrogen and oxygen atoms in total. The van der Waals surface area contributed by atoms with Crippen molar-refractivity contribution < 1.29 is 0 Å². The van der Waals surface area contributed by atoms with Crippen LogP contribution in [0.3, 0.4) is 0 Å². The first-order chi connectivity index (χ1) is 6.43. The number of hydrogen-bond donors (Lipinski definition) is 1. The molecule has 0 aromatic rings. The second-order valence-electron chi connectivity index (χ2n) is 3.77. The quantitative estimate of drug-likeness (QED) is 0.650. The van der Waals surface area contributed by atoms with Crippen LogP contribution in [-0.2, 0) is 0 Å². The number of nitrogens with zero attached hydrogens (tertiary/aromatic N) is 1. The summed E-state index contributed by atoms with van der Waals surface area (Å²) >= 11 is 0. The van der Waals surface area contributed by atoms with Crippen LogP contribution in [0.15, 0.2) is 4.99 Å². The first-order valence-electron chi connectivity index (χ1n) is 5.70. The van der Waals surface area contributed by atoms with E-state index in [0.29, 0.717) is 0 Å². The van der Waals surface area contributed by atoms with E-state index in [9.17, 15) is 0 Å². The van der Waals surface area contributed by atoms with E-state index in [4.69, 9.17) is 0 Å². The molecule has 0 bridgehead atoms. The fraction of sp³-hybridized carbons (Fsp3) is 0.909. The van der Waals surface area contributed by atoms with Crippen molar-refractivity contribution >= 4 is 5.84 Å². The molecular weight excluding hydrogens is 160 g/mol. The largest absolute Gasteiger partial charge is 0.374 e. The first kappa shape index (κ1) is 10.6. The Hall–Kier alpha value is -0.530. The Kier molecular flexibility index (Phi) is 5.62. The highest BCUT2D eigenvalue weighted by molar-refractivity contribution is 5.82. The van der Waals surface area contributed by atoms with Gasteiger partial charge in [-0.15, -0.1) is 0 Å². The summed E-state index contributed by atoms with van der Waals surface area (Å²) in [7, 11) is 0. The van der Waals surface area contributed by atoms with Crippen molar-refractivity contribution in [1.29, 1.82) is 0 Å². The summed E-state index contributed by atoms with van der Waals surface area (Å²) in [5.74, 6) is 1.25. The molecule has 1 aliphatic heterocycles. The van der Waals surface area contributed by atoms with Gasteiger partial charge in [-0.3, -0.25) is 4.99 Å². The molecule has 0 atom stereocenters. The highest BCUT2D eigenvalue weighted by atomic mass is 15.0. The lowest BCUT2D eigenvalue weighted by molar-refractivity contribution is 0.639. The van der Waals surface area contributed by atoms with E-state index in [1.807, 2.05) is 0 Å². The third-order valence-electron chi connectivity index (χ3n) is 2.48. The van der Waals surface area contributed by atoms with Gasteiger partial charge in [0.1, 0.15) is 0 Å². The molecule has 76 valence electrons. The van der Waals surface area contributed by atoms with Gasteiger partial charge in [0.05, 0.1) is 5.84 Å². The van der Waals surface area contributed by atoms with Gasteiger partial charge in [0.25, 0.3) is 0 Å². The van der Waals surface area contributed by atoms with E-state index in [-0.39, 0.29) is 0 Å². The molecule has 0 aromatic carbocycles. The van der Waals surface area contributed by atoms with Crippen molar-refractivity contribution in [3.05, 3.63) is 0 Å². The predicted octanol–water partition coefficient (Wildman–Crippen LogP) is 2.74. The highest BCUT2D eigenvalue weighted by Crippen LogP contribution is 2.04. The Bertz CT molecular complexity index is 152. The molecule has 0 unspecified atom stereocenters. The SMILES string of the molecule is CCCCCCNC1=NCCCC1. The van der Waals surface area contributed by atoms with Crippen LogP contribution < -0.4 is 5.32 Å². The zero-order valence-electron chi connectivity index (χ0n) is 8.81. The highest BCUT2D eigenvalue weighted by Gasteiger charge is 2.02. The molecule has 1 heterocycles. The van der Waals surface area contributed by atoms with Gasteiger partial charge in [-0.1, -0.05) is 26.2 Å². The molecule has 13 heavy (non-hydrogen) atoms. The number of amidine groups is 1.